The van der Waals surface area contributed by atoms with E-state index in [0.29, 0.717) is 32.9 Å². The second kappa shape index (κ2) is 8.02. The van der Waals surface area contributed by atoms with Crippen molar-refractivity contribution < 1.29 is 14.1 Å². The molecule has 29 heavy (non-hydrogen) atoms. The Kier molecular flexibility index (Phi) is 5.28. The van der Waals surface area contributed by atoms with E-state index < -0.39 is 4.92 Å². The normalized spacial score (nSPS) is 15.3. The van der Waals surface area contributed by atoms with E-state index in [4.69, 9.17) is 16.6 Å². The maximum Gasteiger partial charge on any atom is 0.280 e. The minimum absolute atomic E-state index is 0.0393. The number of nitrogens with zero attached hydrogens (tertiary/aromatic N) is 2. The molecule has 0 radical (unpaired) electrons. The van der Waals surface area contributed by atoms with Gasteiger partial charge in [0.1, 0.15) is 15.8 Å². The molecule has 0 spiro atoms. The summed E-state index contributed by atoms with van der Waals surface area (Å²) < 4.78 is 6.23. The molecule has 0 aliphatic carbocycles. The van der Waals surface area contributed by atoms with Gasteiger partial charge < -0.3 is 4.42 Å². The molecule has 0 bridgehead atoms. The number of thioether (sulfide) groups is 1. The Hall–Kier alpha value is -3.23. The van der Waals surface area contributed by atoms with Crippen LogP contribution in [0.1, 0.15) is 11.3 Å². The molecular formula is C21H14N2O4S2. The topological polar surface area (TPSA) is 76.6 Å². The number of nitro benzene ring substituents is 1. The number of carbonyl (C=O) groups excluding carboxylic acids is 1. The molecule has 1 aromatic heterocycles. The first-order valence-corrected chi connectivity index (χ1v) is 9.88. The van der Waals surface area contributed by atoms with Crippen LogP contribution in [-0.2, 0) is 11.3 Å². The number of nitro groups is 1. The molecule has 1 amide bonds. The molecule has 2 aromatic carbocycles. The summed E-state index contributed by atoms with van der Waals surface area (Å²) in [5.41, 5.74) is 1.33. The molecule has 144 valence electrons. The van der Waals surface area contributed by atoms with Crippen molar-refractivity contribution in [1.29, 1.82) is 0 Å². The average molecular weight is 422 g/mol. The molecule has 1 fully saturated rings. The molecule has 8 heteroatoms. The fourth-order valence-electron chi connectivity index (χ4n) is 2.95. The van der Waals surface area contributed by atoms with Crippen LogP contribution in [0.3, 0.4) is 0 Å². The van der Waals surface area contributed by atoms with Gasteiger partial charge in [-0.2, -0.15) is 0 Å². The van der Waals surface area contributed by atoms with Crippen LogP contribution in [0.4, 0.5) is 5.69 Å². The number of rotatable bonds is 5. The average Bonchev–Trinajstić information content (AvgIpc) is 3.29. The van der Waals surface area contributed by atoms with Crippen LogP contribution in [0, 0.1) is 10.1 Å². The van der Waals surface area contributed by atoms with E-state index in [1.54, 1.807) is 41.3 Å². The minimum Gasteiger partial charge on any atom is -0.456 e. The Morgan fingerprint density at radius 3 is 2.55 bits per heavy atom. The lowest BCUT2D eigenvalue weighted by atomic mass is 10.1. The predicted octanol–water partition coefficient (Wildman–Crippen LogP) is 5.26. The van der Waals surface area contributed by atoms with Crippen molar-refractivity contribution in [2.75, 3.05) is 0 Å². The lowest BCUT2D eigenvalue weighted by Crippen LogP contribution is -2.27. The van der Waals surface area contributed by atoms with Gasteiger partial charge in [0.2, 0.25) is 0 Å². The van der Waals surface area contributed by atoms with E-state index in [9.17, 15) is 14.9 Å². The van der Waals surface area contributed by atoms with Crippen LogP contribution in [0.25, 0.3) is 17.4 Å². The van der Waals surface area contributed by atoms with Crippen LogP contribution >= 0.6 is 24.0 Å². The third kappa shape index (κ3) is 3.98. The van der Waals surface area contributed by atoms with Gasteiger partial charge in [-0.3, -0.25) is 19.8 Å². The van der Waals surface area contributed by atoms with Crippen LogP contribution in [0.5, 0.6) is 0 Å². The zero-order valence-electron chi connectivity index (χ0n) is 15.0. The van der Waals surface area contributed by atoms with Crippen molar-refractivity contribution >= 4 is 46.0 Å². The maximum absolute atomic E-state index is 12.8. The van der Waals surface area contributed by atoms with Gasteiger partial charge in [-0.25, -0.2) is 0 Å². The van der Waals surface area contributed by atoms with Gasteiger partial charge in [-0.05, 0) is 23.8 Å². The molecule has 1 saturated heterocycles. The zero-order valence-corrected chi connectivity index (χ0v) is 16.6. The number of furan rings is 1. The van der Waals surface area contributed by atoms with Gasteiger partial charge in [-0.15, -0.1) is 0 Å². The SMILES string of the molecule is O=C1C(=Cc2ccc(-c3ccccc3[N+](=O)[O-])o2)SC(=S)N1Cc1ccccc1. The van der Waals surface area contributed by atoms with Gasteiger partial charge in [0, 0.05) is 12.1 Å². The van der Waals surface area contributed by atoms with Gasteiger partial charge in [0.05, 0.1) is 21.9 Å². The highest BCUT2D eigenvalue weighted by Gasteiger charge is 2.32. The Bertz CT molecular complexity index is 1140. The van der Waals surface area contributed by atoms with Crippen molar-refractivity contribution in [3.8, 4) is 11.3 Å². The van der Waals surface area contributed by atoms with Gasteiger partial charge in [-0.1, -0.05) is 66.4 Å². The largest absolute Gasteiger partial charge is 0.456 e. The van der Waals surface area contributed by atoms with E-state index in [0.717, 1.165) is 5.56 Å². The summed E-state index contributed by atoms with van der Waals surface area (Å²) in [7, 11) is 0. The van der Waals surface area contributed by atoms with Crippen molar-refractivity contribution in [2.24, 2.45) is 0 Å². The van der Waals surface area contributed by atoms with E-state index in [1.807, 2.05) is 30.3 Å². The molecule has 3 aromatic rings. The monoisotopic (exact) mass is 422 g/mol. The van der Waals surface area contributed by atoms with Gasteiger partial charge in [0.15, 0.2) is 0 Å². The Morgan fingerprint density at radius 1 is 1.07 bits per heavy atom. The quantitative estimate of drug-likeness (QED) is 0.242. The van der Waals surface area contributed by atoms with E-state index in [2.05, 4.69) is 0 Å². The minimum atomic E-state index is -0.452. The fourth-order valence-corrected chi connectivity index (χ4v) is 4.18. The number of thiocarbonyl (C=S) groups is 1. The highest BCUT2D eigenvalue weighted by molar-refractivity contribution is 8.26. The van der Waals surface area contributed by atoms with Crippen LogP contribution in [0.15, 0.2) is 76.1 Å². The molecule has 0 saturated carbocycles. The highest BCUT2D eigenvalue weighted by atomic mass is 32.2. The number of hydrogen-bond acceptors (Lipinski definition) is 6. The Morgan fingerprint density at radius 2 is 1.79 bits per heavy atom. The summed E-state index contributed by atoms with van der Waals surface area (Å²) in [5, 5.41) is 11.2. The van der Waals surface area contributed by atoms with E-state index in [-0.39, 0.29) is 11.6 Å². The lowest BCUT2D eigenvalue weighted by molar-refractivity contribution is -0.384. The molecule has 0 unspecified atom stereocenters. The summed E-state index contributed by atoms with van der Waals surface area (Å²) in [4.78, 5) is 25.5. The highest BCUT2D eigenvalue weighted by Crippen LogP contribution is 2.35. The second-order valence-corrected chi connectivity index (χ2v) is 7.91. The lowest BCUT2D eigenvalue weighted by Gasteiger charge is -2.14. The zero-order chi connectivity index (χ0) is 20.4. The number of hydrogen-bond donors (Lipinski definition) is 0. The standard InChI is InChI=1S/C21H14N2O4S2/c24-20-19(29-21(28)22(20)13-14-6-2-1-3-7-14)12-15-10-11-18(27-15)16-8-4-5-9-17(16)23(25)26/h1-12H,13H2. The molecule has 0 atom stereocenters. The Labute approximate surface area is 176 Å². The predicted molar refractivity (Wildman–Crippen MR) is 116 cm³/mol. The van der Waals surface area contributed by atoms with Gasteiger partial charge >= 0.3 is 0 Å². The summed E-state index contributed by atoms with van der Waals surface area (Å²) in [6.45, 7) is 0.405. The maximum atomic E-state index is 12.8. The van der Waals surface area contributed by atoms with Crippen molar-refractivity contribution in [1.82, 2.24) is 4.90 Å². The van der Waals surface area contributed by atoms with Crippen LogP contribution in [-0.4, -0.2) is 20.1 Å². The third-order valence-corrected chi connectivity index (χ3v) is 5.70. The summed E-state index contributed by atoms with van der Waals surface area (Å²) >= 11 is 6.57. The molecular weight excluding hydrogens is 408 g/mol. The first-order chi connectivity index (χ1) is 14.0. The molecule has 1 aliphatic rings. The first-order valence-electron chi connectivity index (χ1n) is 8.66. The second-order valence-electron chi connectivity index (χ2n) is 6.23. The molecule has 1 aliphatic heterocycles. The summed E-state index contributed by atoms with van der Waals surface area (Å²) in [6.07, 6.45) is 1.61. The summed E-state index contributed by atoms with van der Waals surface area (Å²) in [5.74, 6) is 0.606. The number of carbonyl (C=O) groups is 1. The van der Waals surface area contributed by atoms with E-state index in [1.165, 1.54) is 17.8 Å². The smallest absolute Gasteiger partial charge is 0.280 e. The van der Waals surface area contributed by atoms with Crippen molar-refractivity contribution in [3.05, 3.63) is 93.1 Å². The third-order valence-electron chi connectivity index (χ3n) is 4.32. The number of para-hydroxylation sites is 1. The molecule has 0 N–H and O–H groups in total. The number of amides is 1. The van der Waals surface area contributed by atoms with Crippen molar-refractivity contribution in [3.63, 3.8) is 0 Å². The van der Waals surface area contributed by atoms with Crippen molar-refractivity contribution in [2.45, 2.75) is 6.54 Å². The Balaban J connectivity index is 1.57. The van der Waals surface area contributed by atoms with Crippen LogP contribution < -0.4 is 0 Å². The van der Waals surface area contributed by atoms with Crippen LogP contribution in [0.2, 0.25) is 0 Å². The first kappa shape index (κ1) is 19.1. The molecule has 2 heterocycles. The van der Waals surface area contributed by atoms with E-state index >= 15 is 0 Å². The number of benzene rings is 2. The van der Waals surface area contributed by atoms with Gasteiger partial charge in [0.25, 0.3) is 11.6 Å². The molecule has 6 nitrogen and oxygen atoms in total. The molecule has 4 rings (SSSR count). The fraction of sp³-hybridized carbons (Fsp3) is 0.0476. The summed E-state index contributed by atoms with van der Waals surface area (Å²) in [6, 6.07) is 19.3.